The van der Waals surface area contributed by atoms with Crippen molar-refractivity contribution in [1.82, 2.24) is 0 Å². The maximum atomic E-state index is 12.2. The number of hydrogen-bond acceptors (Lipinski definition) is 17. The van der Waals surface area contributed by atoms with E-state index in [2.05, 4.69) is 20.8 Å². The molecule has 0 saturated heterocycles. The summed E-state index contributed by atoms with van der Waals surface area (Å²) in [6.45, 7) is 9.90. The number of hydrogen-bond donors (Lipinski definition) is 10. The normalized spacial score (nSPS) is 11.7. The summed E-state index contributed by atoms with van der Waals surface area (Å²) < 4.78 is 163. The third-order valence-corrected chi connectivity index (χ3v) is 16.0. The van der Waals surface area contributed by atoms with E-state index in [9.17, 15) is 63.3 Å². The Labute approximate surface area is 466 Å². The zero-order chi connectivity index (χ0) is 61.9. The molecule has 0 aliphatic carbocycles. The monoisotopic (exact) mass is 1250 g/mol. The van der Waals surface area contributed by atoms with Gasteiger partial charge in [0.05, 0.1) is 35.1 Å². The van der Waals surface area contributed by atoms with E-state index in [-0.39, 0.29) is 51.1 Å². The van der Waals surface area contributed by atoms with Gasteiger partial charge in [0.1, 0.15) is 16.5 Å². The van der Waals surface area contributed by atoms with E-state index in [0.29, 0.717) is 5.69 Å². The van der Waals surface area contributed by atoms with Crippen molar-refractivity contribution >= 4 is 81.5 Å². The molecule has 32 heteroatoms. The highest BCUT2D eigenvalue weighted by molar-refractivity contribution is 7.90. The number of aromatic hydroxyl groups is 1. The van der Waals surface area contributed by atoms with Gasteiger partial charge in [-0.2, -0.15) is 0 Å². The lowest BCUT2D eigenvalue weighted by molar-refractivity contribution is 0.474. The first-order chi connectivity index (χ1) is 36.2. The Morgan fingerprint density at radius 3 is 1.00 bits per heavy atom. The average molecular weight is 1250 g/mol. The summed E-state index contributed by atoms with van der Waals surface area (Å²) in [5, 5.41) is 42.8. The molecule has 0 spiro atoms. The first-order valence-corrected chi connectivity index (χ1v) is 32.7. The van der Waals surface area contributed by atoms with E-state index in [1.807, 2.05) is 19.9 Å². The Morgan fingerprint density at radius 1 is 0.362 bits per heavy atom. The van der Waals surface area contributed by atoms with E-state index in [4.69, 9.17) is 52.5 Å². The van der Waals surface area contributed by atoms with Gasteiger partial charge in [-0.05, 0) is 146 Å². The highest BCUT2D eigenvalue weighted by Gasteiger charge is 2.15. The molecular formula is C48H62FN9O15S7. The Bertz CT molecular complexity index is 3740. The predicted molar refractivity (Wildman–Crippen MR) is 303 cm³/mol. The van der Waals surface area contributed by atoms with E-state index in [0.717, 1.165) is 41.0 Å². The number of sulfonamides is 7. The molecule has 7 rings (SSSR count). The zero-order valence-electron chi connectivity index (χ0n) is 43.3. The van der Waals surface area contributed by atoms with Gasteiger partial charge in [0.15, 0.2) is 0 Å². The number of phenolic OH excluding ortho intramolecular Hbond substituents is 1. The van der Waals surface area contributed by atoms with Crippen LogP contribution in [0.3, 0.4) is 0 Å². The molecule has 0 radical (unpaired) electrons. The molecule has 80 heavy (non-hydrogen) atoms. The number of primary sulfonamides is 7. The molecule has 0 aromatic heterocycles. The number of rotatable bonds is 7. The SMILES string of the molecule is CC(C)(C)c1ccc(S(N)(=O)=O)cc1.Cc1ccc(S(N)(=O)=O)cc1.Cc1cccc(S(N)(=O)=O)c1.NS(=O)(=O)c1ccc(F)cc1.NS(=O)(=O)c1ccc(O)cc1.Nc1cccc(S(N)(=O)=O)c1.Nc1ccccc1S(N)(=O)=O. The zero-order valence-corrected chi connectivity index (χ0v) is 49.0. The minimum atomic E-state index is -3.69. The van der Waals surface area contributed by atoms with Gasteiger partial charge in [0.25, 0.3) is 0 Å². The fourth-order valence-corrected chi connectivity index (χ4v) is 9.27. The molecule has 24 nitrogen and oxygen atoms in total. The van der Waals surface area contributed by atoms with E-state index in [1.54, 1.807) is 48.5 Å². The van der Waals surface area contributed by atoms with Crippen molar-refractivity contribution in [3.05, 3.63) is 192 Å². The number of phenols is 1. The minimum Gasteiger partial charge on any atom is -0.508 e. The summed E-state index contributed by atoms with van der Waals surface area (Å²) in [7, 11) is -25.2. The van der Waals surface area contributed by atoms with Gasteiger partial charge in [-0.25, -0.2) is 99.3 Å². The molecule has 0 bridgehead atoms. The summed E-state index contributed by atoms with van der Waals surface area (Å²) >= 11 is 0. The topological polar surface area (TPSA) is 493 Å². The maximum absolute atomic E-state index is 12.2. The van der Waals surface area contributed by atoms with Gasteiger partial charge in [-0.3, -0.25) is 0 Å². The van der Waals surface area contributed by atoms with Crippen molar-refractivity contribution in [3.8, 4) is 5.75 Å². The van der Waals surface area contributed by atoms with Gasteiger partial charge < -0.3 is 16.6 Å². The molecule has 19 N–H and O–H groups in total. The number of nitrogens with two attached hydrogens (primary N) is 9. The fraction of sp³-hybridized carbons (Fsp3) is 0.125. The summed E-state index contributed by atoms with van der Waals surface area (Å²) in [6.07, 6.45) is 0. The van der Waals surface area contributed by atoms with Crippen LogP contribution in [-0.4, -0.2) is 64.0 Å². The number of aryl methyl sites for hydroxylation is 2. The Morgan fingerprint density at radius 2 is 0.700 bits per heavy atom. The molecule has 0 amide bonds. The molecule has 0 heterocycles. The lowest BCUT2D eigenvalue weighted by atomic mass is 9.87. The molecule has 0 unspecified atom stereocenters. The largest absolute Gasteiger partial charge is 0.508 e. The number of para-hydroxylation sites is 1. The van der Waals surface area contributed by atoms with Crippen LogP contribution in [0.25, 0.3) is 0 Å². The second-order valence-electron chi connectivity index (χ2n) is 17.3. The van der Waals surface area contributed by atoms with Gasteiger partial charge in [0, 0.05) is 5.69 Å². The van der Waals surface area contributed by atoms with Crippen LogP contribution in [0.15, 0.2) is 204 Å². The number of halogens is 1. The van der Waals surface area contributed by atoms with Gasteiger partial charge in [-0.1, -0.05) is 80.9 Å². The predicted octanol–water partition coefficient (Wildman–Crippen LogP) is 3.26. The standard InChI is InChI=1S/C10H15NO2S.2C7H9NO2S.C6H6FNO2S.2C6H8N2O2S.C6H7NO3S/c1-10(2,3)8-4-6-9(7-5-8)14(11,12)13;1-6-2-4-7(5-3-6)11(8,9)10;1-6-3-2-4-7(5-6)11(8,9)10;7-5-1-3-6(4-2-5)11(8,9)10;7-5-2-1-3-6(4-5)11(8,9)10;7-5-3-1-2-4-6(5)11(8,9)10;7-11(9,10)6-3-1-5(8)2-4-6/h4-7H,1-3H3,(H2,11,12,13);2*2-5H,1H3,(H2,8,9,10);1-4H,(H2,8,9,10);2*1-4H,7H2,(H2,8,9,10);1-4,8H,(H2,7,9,10). The van der Waals surface area contributed by atoms with E-state index >= 15 is 0 Å². The molecule has 7 aromatic rings. The molecule has 0 aliphatic heterocycles. The van der Waals surface area contributed by atoms with Crippen molar-refractivity contribution in [3.63, 3.8) is 0 Å². The lowest BCUT2D eigenvalue weighted by Crippen LogP contribution is -2.14. The minimum absolute atomic E-state index is 0.00435. The van der Waals surface area contributed by atoms with Crippen molar-refractivity contribution in [2.75, 3.05) is 11.5 Å². The molecule has 0 atom stereocenters. The highest BCUT2D eigenvalue weighted by atomic mass is 32.2. The third-order valence-electron chi connectivity index (χ3n) is 9.44. The van der Waals surface area contributed by atoms with Gasteiger partial charge >= 0.3 is 0 Å². The second-order valence-corrected chi connectivity index (χ2v) is 28.2. The first-order valence-electron chi connectivity index (χ1n) is 21.9. The van der Waals surface area contributed by atoms with Crippen molar-refractivity contribution < 1.29 is 68.4 Å². The van der Waals surface area contributed by atoms with Crippen LogP contribution >= 0.6 is 0 Å². The summed E-state index contributed by atoms with van der Waals surface area (Å²) in [5.74, 6) is -0.477. The first kappa shape index (κ1) is 71.3. The van der Waals surface area contributed by atoms with Crippen LogP contribution < -0.4 is 47.4 Å². The fourth-order valence-electron chi connectivity index (χ4n) is 5.36. The Balaban J connectivity index is 0.000000467. The van der Waals surface area contributed by atoms with Crippen LogP contribution in [0.2, 0.25) is 0 Å². The van der Waals surface area contributed by atoms with Gasteiger partial charge in [0.2, 0.25) is 70.2 Å². The molecule has 438 valence electrons. The van der Waals surface area contributed by atoms with Crippen LogP contribution in [0.4, 0.5) is 15.8 Å². The van der Waals surface area contributed by atoms with Crippen LogP contribution in [-0.2, 0) is 75.6 Å². The molecule has 0 aliphatic rings. The summed E-state index contributed by atoms with van der Waals surface area (Å²) in [4.78, 5) is 0.401. The third kappa shape index (κ3) is 27.9. The maximum Gasteiger partial charge on any atom is 0.240 e. The second kappa shape index (κ2) is 29.6. The van der Waals surface area contributed by atoms with Crippen molar-refractivity contribution in [2.45, 2.75) is 74.3 Å². The van der Waals surface area contributed by atoms with Gasteiger partial charge in [-0.15, -0.1) is 0 Å². The van der Waals surface area contributed by atoms with Crippen molar-refractivity contribution in [2.24, 2.45) is 36.0 Å². The summed E-state index contributed by atoms with van der Waals surface area (Å²) in [6, 6.07) is 40.8. The smallest absolute Gasteiger partial charge is 0.240 e. The Hall–Kier alpha value is -6.76. The molecule has 0 saturated carbocycles. The number of benzene rings is 7. The van der Waals surface area contributed by atoms with Crippen LogP contribution in [0.5, 0.6) is 5.75 Å². The molecule has 0 fully saturated rings. The molecular weight excluding hydrogens is 1190 g/mol. The quantitative estimate of drug-likeness (QED) is 0.102. The summed E-state index contributed by atoms with van der Waals surface area (Å²) in [5.41, 5.74) is 14.3. The Kier molecular flexibility index (Phi) is 26.4. The number of nitrogen functional groups attached to an aromatic ring is 2. The van der Waals surface area contributed by atoms with Crippen molar-refractivity contribution in [1.29, 1.82) is 0 Å². The lowest BCUT2D eigenvalue weighted by Gasteiger charge is -2.18. The number of anilines is 2. The van der Waals surface area contributed by atoms with E-state index in [1.165, 1.54) is 91.0 Å². The molecule has 7 aromatic carbocycles. The highest BCUT2D eigenvalue weighted by Crippen LogP contribution is 2.23. The van der Waals surface area contributed by atoms with Crippen LogP contribution in [0, 0.1) is 19.7 Å². The average Bonchev–Trinajstić information content (AvgIpc) is 3.31. The van der Waals surface area contributed by atoms with Crippen LogP contribution in [0.1, 0.15) is 37.5 Å². The van der Waals surface area contributed by atoms with E-state index < -0.39 is 76.0 Å².